The Balaban J connectivity index is 0.865. The molecule has 6 heterocycles. The lowest BCUT2D eigenvalue weighted by Gasteiger charge is -2.60. The van der Waals surface area contributed by atoms with E-state index >= 15 is 19.2 Å². The number of ether oxygens (including phenoxy) is 14. The second kappa shape index (κ2) is 29.5. The topological polar surface area (TPSA) is 518 Å². The molecule has 0 radical (unpaired) electrons. The molecule has 15 N–H and O–H groups in total. The maximum atomic E-state index is 16.2. The summed E-state index contributed by atoms with van der Waals surface area (Å²) in [6.07, 6.45) is -33.1. The summed E-state index contributed by atoms with van der Waals surface area (Å²) < 4.78 is 87.2. The monoisotopic (exact) mass is 1570 g/mol. The van der Waals surface area contributed by atoms with Crippen molar-refractivity contribution in [1.29, 1.82) is 0 Å². The number of aromatic hydroxyl groups is 4. The Labute approximate surface area is 636 Å². The van der Waals surface area contributed by atoms with Gasteiger partial charge in [0.1, 0.15) is 76.4 Å². The first kappa shape index (κ1) is 81.3. The number of Topliss-reactive ketones (excluding diaryl/α,β-unsaturated/α-hetero) is 5. The number of allylic oxidation sites excluding steroid dienone is 2. The van der Waals surface area contributed by atoms with Gasteiger partial charge in [0.15, 0.2) is 65.7 Å². The van der Waals surface area contributed by atoms with Gasteiger partial charge >= 0.3 is 0 Å². The lowest BCUT2D eigenvalue weighted by molar-refractivity contribution is -0.358. The third kappa shape index (κ3) is 12.0. The molecule has 11 aliphatic rings. The van der Waals surface area contributed by atoms with Gasteiger partial charge in [-0.1, -0.05) is 26.7 Å². The van der Waals surface area contributed by atoms with Crippen molar-refractivity contribution in [3.63, 3.8) is 0 Å². The fourth-order valence-corrected chi connectivity index (χ4v) is 19.8. The van der Waals surface area contributed by atoms with E-state index in [1.165, 1.54) is 26.8 Å². The van der Waals surface area contributed by atoms with Gasteiger partial charge in [-0.05, 0) is 91.7 Å². The predicted octanol–water partition coefficient (Wildman–Crippen LogP) is 1.53. The van der Waals surface area contributed by atoms with E-state index in [0.29, 0.717) is 0 Å². The Kier molecular flexibility index (Phi) is 21.6. The van der Waals surface area contributed by atoms with Crippen molar-refractivity contribution in [2.45, 2.75) is 308 Å². The van der Waals surface area contributed by atoms with Crippen LogP contribution in [0.3, 0.4) is 0 Å². The highest BCUT2D eigenvalue weighted by Gasteiger charge is 2.82. The zero-order valence-electron chi connectivity index (χ0n) is 63.2. The number of carbonyl (C=O) groups excluding carboxylic acids is 5. The van der Waals surface area contributed by atoms with Gasteiger partial charge in [0.05, 0.1) is 139 Å². The van der Waals surface area contributed by atoms with Gasteiger partial charge < -0.3 is 143 Å². The zero-order chi connectivity index (χ0) is 80.4. The molecule has 0 amide bonds. The number of phenolic OH excluding ortho intramolecular Hbond substituents is 4. The molecule has 0 aromatic heterocycles. The molecule has 6 saturated heterocycles. The number of aliphatic hydroxyl groups excluding tert-OH is 7. The molecule has 3 aromatic rings. The van der Waals surface area contributed by atoms with Crippen LogP contribution >= 0.6 is 0 Å². The van der Waals surface area contributed by atoms with E-state index in [1.54, 1.807) is 34.6 Å². The minimum absolute atomic E-state index is 0.00134. The molecule has 14 rings (SSSR count). The van der Waals surface area contributed by atoms with Crippen molar-refractivity contribution in [3.05, 3.63) is 50.8 Å². The maximum Gasteiger partial charge on any atom is 0.232 e. The second-order valence-corrected chi connectivity index (χ2v) is 31.7. The Morgan fingerprint density at radius 2 is 1.08 bits per heavy atom. The highest BCUT2D eigenvalue weighted by molar-refractivity contribution is 6.43. The average molecular weight is 1570 g/mol. The summed E-state index contributed by atoms with van der Waals surface area (Å²) in [6.45, 7) is 12.2. The van der Waals surface area contributed by atoms with E-state index in [-0.39, 0.29) is 68.7 Å². The van der Waals surface area contributed by atoms with Crippen LogP contribution in [0.5, 0.6) is 34.5 Å². The molecular formula is C77H100O34. The van der Waals surface area contributed by atoms with Gasteiger partial charge in [0, 0.05) is 49.0 Å². The number of ketones is 5. The first-order valence-corrected chi connectivity index (χ1v) is 38.0. The molecule has 612 valence electrons. The quantitative estimate of drug-likeness (QED) is 0.0757. The van der Waals surface area contributed by atoms with E-state index in [4.69, 9.17) is 66.3 Å². The highest BCUT2D eigenvalue weighted by Crippen LogP contribution is 2.69. The predicted molar refractivity (Wildman–Crippen MR) is 374 cm³/mol. The number of aliphatic hydroxyl groups is 11. The molecule has 111 heavy (non-hydrogen) atoms. The van der Waals surface area contributed by atoms with Crippen molar-refractivity contribution < 1.29 is 167 Å². The van der Waals surface area contributed by atoms with E-state index < -0.39 is 320 Å². The van der Waals surface area contributed by atoms with Crippen molar-refractivity contribution in [3.8, 4) is 34.5 Å². The van der Waals surface area contributed by atoms with Gasteiger partial charge in [-0.15, -0.1) is 0 Å². The van der Waals surface area contributed by atoms with Crippen molar-refractivity contribution >= 4 is 45.3 Å². The van der Waals surface area contributed by atoms with Gasteiger partial charge in [-0.3, -0.25) is 24.0 Å². The lowest BCUT2D eigenvalue weighted by atomic mass is 9.53. The van der Waals surface area contributed by atoms with Gasteiger partial charge in [0.25, 0.3) is 0 Å². The molecule has 4 bridgehead atoms. The van der Waals surface area contributed by atoms with Crippen LogP contribution in [0.25, 0.3) is 16.3 Å². The number of fused-ring (bicyclic) bond motifs is 6. The van der Waals surface area contributed by atoms with Crippen molar-refractivity contribution in [2.24, 2.45) is 11.8 Å². The summed E-state index contributed by atoms with van der Waals surface area (Å²) >= 11 is 0. The van der Waals surface area contributed by atoms with Crippen LogP contribution in [-0.4, -0.2) is 290 Å². The third-order valence-electron chi connectivity index (χ3n) is 25.6. The Morgan fingerprint density at radius 1 is 0.532 bits per heavy atom. The second-order valence-electron chi connectivity index (χ2n) is 31.7. The average Bonchev–Trinajstić information content (AvgIpc) is 1.43. The van der Waals surface area contributed by atoms with Gasteiger partial charge in [-0.25, -0.2) is 0 Å². The van der Waals surface area contributed by atoms with Crippen LogP contribution in [0, 0.1) is 11.8 Å². The molecule has 34 nitrogen and oxygen atoms in total. The first-order valence-electron chi connectivity index (χ1n) is 38.0. The molecule has 2 saturated carbocycles. The number of rotatable bonds is 19. The largest absolute Gasteiger partial charge is 0.507 e. The summed E-state index contributed by atoms with van der Waals surface area (Å²) in [5.41, 5.74) is -19.6. The highest BCUT2D eigenvalue weighted by atomic mass is 16.7. The molecule has 8 fully saturated rings. The van der Waals surface area contributed by atoms with Gasteiger partial charge in [-0.2, -0.15) is 0 Å². The summed E-state index contributed by atoms with van der Waals surface area (Å²) in [5, 5.41) is 183. The number of hydrogen-bond acceptors (Lipinski definition) is 34. The summed E-state index contributed by atoms with van der Waals surface area (Å²) in [7, 11) is 3.10. The van der Waals surface area contributed by atoms with Crippen LogP contribution in [0.2, 0.25) is 0 Å². The van der Waals surface area contributed by atoms with E-state index in [0.717, 1.165) is 21.3 Å². The number of benzene rings is 3. The van der Waals surface area contributed by atoms with Crippen molar-refractivity contribution in [1.82, 2.24) is 0 Å². The minimum Gasteiger partial charge on any atom is -0.507 e. The van der Waals surface area contributed by atoms with E-state index in [9.17, 15) is 81.4 Å². The Morgan fingerprint density at radius 3 is 1.65 bits per heavy atom. The minimum atomic E-state index is -3.19. The fraction of sp³-hybridized carbons (Fsp3) is 0.701. The molecular weight excluding hydrogens is 1470 g/mol. The number of methoxy groups -OCH3 is 3. The first-order chi connectivity index (χ1) is 52.4. The molecule has 3 aromatic carbocycles. The summed E-state index contributed by atoms with van der Waals surface area (Å²) in [4.78, 5) is 76.4. The number of carbonyl (C=O) groups is 5. The van der Waals surface area contributed by atoms with Crippen LogP contribution in [0.15, 0.2) is 11.8 Å². The molecule has 5 aliphatic carbocycles. The van der Waals surface area contributed by atoms with E-state index in [1.807, 2.05) is 0 Å². The summed E-state index contributed by atoms with van der Waals surface area (Å²) in [5.74, 6) is -16.6. The lowest BCUT2D eigenvalue weighted by Crippen LogP contribution is -2.80. The zero-order valence-corrected chi connectivity index (χ0v) is 63.2. The molecule has 0 spiro atoms. The van der Waals surface area contributed by atoms with Crippen LogP contribution < -0.4 is 9.47 Å². The Bertz CT molecular complexity index is 4220. The van der Waals surface area contributed by atoms with Crippen LogP contribution in [-0.2, 0) is 68.1 Å². The number of hydrogen-bond donors (Lipinski definition) is 15. The molecule has 6 aliphatic heterocycles. The van der Waals surface area contributed by atoms with Gasteiger partial charge in [0.2, 0.25) is 23.1 Å². The standard InChI is InChI=1S/C77H100O34/c1-12-19-74(95)71(109-40-17-15-38(27(4)102-40)106-41-18-21-73(94,30(7)78)31(8)105-41)61(90)64(107-42-24-36(80)53(82)28(5)103-42)34-23-32-22-33-45(55(84)44(32)69(92)76(34,74)96)56(85)49(67(100-11)63(33)98-9)48-57(86)46-47(60(89)66(48)99-10)58(87)50-51(59(46)88)70(93)77(97)52-65(50)111-75(77,20-13-2)72(110-39-16-14-35(79)26(3)101-39)62(91)68(52)108-43-25-37(81)54(83)29(6)104-43/h22,26-29,31,34-43,52-54,61-62,64-65,68,71-72,79-85,87-88,90-91,94-97H,12-21,23-25H2,1-11H3/t26-,27-,28+,29+,31+,34+,35-,36-,37-,38+,39+,40+,41+,42+,43+,52-,53+,54+,61+,62-,64+,65+,68+,71-,72-,73-,74-,75+,76-,77-/m1/s1. The third-order valence-corrected chi connectivity index (χ3v) is 25.6. The van der Waals surface area contributed by atoms with Crippen LogP contribution in [0.1, 0.15) is 197 Å². The maximum absolute atomic E-state index is 16.2. The van der Waals surface area contributed by atoms with Crippen molar-refractivity contribution in [2.75, 3.05) is 21.3 Å². The Hall–Kier alpha value is -6.27. The van der Waals surface area contributed by atoms with E-state index in [2.05, 4.69) is 0 Å². The summed E-state index contributed by atoms with van der Waals surface area (Å²) in [6, 6.07) is 1.25. The fourth-order valence-electron chi connectivity index (χ4n) is 19.8. The van der Waals surface area contributed by atoms with Crippen LogP contribution in [0.4, 0.5) is 0 Å². The SMILES string of the molecule is CCC[C@@]1(O)[C@H](O[C@H]2CC[C@H](O[C@H]3CC[C@@](O)(C(C)=O)[C@H](C)O3)[C@@H](C)O2)[C@@H](O)[C@@H](O[C@H]2C[C@@H](O)[C@@H](O)[C@H](C)O2)[C@@H]2Cc3cc4c(OC)c(OC)c(C5=C(OC)C(=O)c6c(O)c7c(c(O)c6C5=O)C(=O)[C@]5(O)[C@H]6[C@H](O[C@H]8C[C@@H](O)[C@@H](O)[C@H](C)O8)[C@@H](O)[C@@H](O[C@H]8CC[C@@H](O)[C@@H](C)O8)[C@]5(CCC)O[C@@H]76)c(O)c4c(O)c3C(=O)[C@]21O. The smallest absolute Gasteiger partial charge is 0.232 e. The normalized spacial score (nSPS) is 42.8. The molecule has 34 heteroatoms. The molecule has 0 unspecified atom stereocenters. The molecule has 30 atom stereocenters. The number of phenols is 4.